The molecule has 5 nitrogen and oxygen atoms in total. The van der Waals surface area contributed by atoms with Crippen molar-refractivity contribution in [2.45, 2.75) is 26.1 Å². The van der Waals surface area contributed by atoms with Crippen molar-refractivity contribution in [2.24, 2.45) is 0 Å². The Hall–Kier alpha value is -2.69. The Kier molecular flexibility index (Phi) is 4.89. The molecule has 2 atom stereocenters. The minimum atomic E-state index is -0.579. The predicted octanol–water partition coefficient (Wildman–Crippen LogP) is 2.72. The highest BCUT2D eigenvalue weighted by Crippen LogP contribution is 2.30. The number of ether oxygens (including phenoxy) is 3. The van der Waals surface area contributed by atoms with Crippen LogP contribution in [0.25, 0.3) is 0 Å². The van der Waals surface area contributed by atoms with Gasteiger partial charge in [-0.3, -0.25) is 4.79 Å². The number of rotatable bonds is 5. The van der Waals surface area contributed by atoms with E-state index in [0.717, 1.165) is 11.3 Å². The Morgan fingerprint density at radius 3 is 2.67 bits per heavy atom. The minimum Gasteiger partial charge on any atom is -0.486 e. The number of fused-ring (bicyclic) bond motifs is 1. The molecule has 3 rings (SSSR count). The highest BCUT2D eigenvalue weighted by molar-refractivity contribution is 5.80. The lowest BCUT2D eigenvalue weighted by Crippen LogP contribution is -2.44. The number of hydrogen-bond donors (Lipinski definition) is 1. The summed E-state index contributed by atoms with van der Waals surface area (Å²) in [5, 5.41) is 2.85. The van der Waals surface area contributed by atoms with Crippen molar-refractivity contribution >= 4 is 5.91 Å². The van der Waals surface area contributed by atoms with Gasteiger partial charge in [0.1, 0.15) is 18.5 Å². The van der Waals surface area contributed by atoms with Crippen LogP contribution in [0, 0.1) is 6.92 Å². The van der Waals surface area contributed by atoms with Crippen LogP contribution in [0.2, 0.25) is 0 Å². The second kappa shape index (κ2) is 7.25. The molecule has 0 fully saturated rings. The van der Waals surface area contributed by atoms with Crippen molar-refractivity contribution in [3.05, 3.63) is 54.1 Å². The summed E-state index contributed by atoms with van der Waals surface area (Å²) in [5.74, 6) is 1.93. The third-order valence-corrected chi connectivity index (χ3v) is 3.77. The fourth-order valence-corrected chi connectivity index (χ4v) is 2.40. The smallest absolute Gasteiger partial charge is 0.260 e. The van der Waals surface area contributed by atoms with Crippen LogP contribution in [0.15, 0.2) is 48.5 Å². The number of carbonyl (C=O) groups excluding carboxylic acids is 1. The first-order chi connectivity index (χ1) is 11.6. The first kappa shape index (κ1) is 16.2. The number of hydrogen-bond acceptors (Lipinski definition) is 4. The molecule has 0 spiro atoms. The molecule has 2 aromatic carbocycles. The van der Waals surface area contributed by atoms with Crippen molar-refractivity contribution < 1.29 is 19.0 Å². The van der Waals surface area contributed by atoms with E-state index in [1.807, 2.05) is 55.5 Å². The molecule has 0 aliphatic carbocycles. The Bertz CT molecular complexity index is 699. The third-order valence-electron chi connectivity index (χ3n) is 3.77. The summed E-state index contributed by atoms with van der Waals surface area (Å²) in [6, 6.07) is 15.1. The van der Waals surface area contributed by atoms with E-state index < -0.39 is 6.10 Å². The molecule has 0 unspecified atom stereocenters. The highest BCUT2D eigenvalue weighted by atomic mass is 16.6. The van der Waals surface area contributed by atoms with Crippen molar-refractivity contribution in [3.8, 4) is 17.2 Å². The van der Waals surface area contributed by atoms with E-state index in [4.69, 9.17) is 14.2 Å². The maximum atomic E-state index is 12.2. The zero-order valence-corrected chi connectivity index (χ0v) is 13.8. The average molecular weight is 327 g/mol. The molecule has 1 amide bonds. The van der Waals surface area contributed by atoms with Gasteiger partial charge in [0.2, 0.25) is 0 Å². The quantitative estimate of drug-likeness (QED) is 0.917. The summed E-state index contributed by atoms with van der Waals surface area (Å²) in [7, 11) is 0. The van der Waals surface area contributed by atoms with Gasteiger partial charge < -0.3 is 19.5 Å². The molecule has 0 saturated heterocycles. The Balaban J connectivity index is 1.48. The maximum Gasteiger partial charge on any atom is 0.260 e. The summed E-state index contributed by atoms with van der Waals surface area (Å²) in [6.07, 6.45) is -0.792. The lowest BCUT2D eigenvalue weighted by Gasteiger charge is -2.27. The number of aryl methyl sites for hydroxylation is 1. The van der Waals surface area contributed by atoms with E-state index in [1.54, 1.807) is 6.92 Å². The summed E-state index contributed by atoms with van der Waals surface area (Å²) < 4.78 is 17.1. The van der Waals surface area contributed by atoms with Gasteiger partial charge in [-0.2, -0.15) is 0 Å². The van der Waals surface area contributed by atoms with Gasteiger partial charge >= 0.3 is 0 Å². The van der Waals surface area contributed by atoms with Gasteiger partial charge in [-0.1, -0.05) is 29.8 Å². The van der Waals surface area contributed by atoms with Gasteiger partial charge in [0.25, 0.3) is 5.91 Å². The van der Waals surface area contributed by atoms with Crippen molar-refractivity contribution in [3.63, 3.8) is 0 Å². The van der Waals surface area contributed by atoms with Crippen molar-refractivity contribution in [1.82, 2.24) is 5.32 Å². The van der Waals surface area contributed by atoms with E-state index in [2.05, 4.69) is 5.32 Å². The zero-order valence-electron chi connectivity index (χ0n) is 13.8. The Morgan fingerprint density at radius 2 is 1.92 bits per heavy atom. The standard InChI is InChI=1S/C19H21NO4/c1-13-7-9-15(10-8-13)23-14(2)19(21)20-11-16-12-22-17-5-3-4-6-18(17)24-16/h3-10,14,16H,11-12H2,1-2H3,(H,20,21)/t14-,16+/m0/s1. The first-order valence-corrected chi connectivity index (χ1v) is 8.01. The maximum absolute atomic E-state index is 12.2. The van der Waals surface area contributed by atoms with Crippen LogP contribution in [0.4, 0.5) is 0 Å². The van der Waals surface area contributed by atoms with Crippen molar-refractivity contribution in [2.75, 3.05) is 13.2 Å². The van der Waals surface area contributed by atoms with Gasteiger partial charge in [0.15, 0.2) is 17.6 Å². The molecule has 0 radical (unpaired) electrons. The molecule has 1 N–H and O–H groups in total. The first-order valence-electron chi connectivity index (χ1n) is 8.01. The fourth-order valence-electron chi connectivity index (χ4n) is 2.40. The molecule has 126 valence electrons. The molecule has 0 saturated carbocycles. The van der Waals surface area contributed by atoms with Crippen LogP contribution < -0.4 is 19.5 Å². The molecule has 1 aliphatic rings. The Labute approximate surface area is 141 Å². The zero-order chi connectivity index (χ0) is 16.9. The van der Waals surface area contributed by atoms with E-state index >= 15 is 0 Å². The Morgan fingerprint density at radius 1 is 1.21 bits per heavy atom. The number of benzene rings is 2. The van der Waals surface area contributed by atoms with Crippen LogP contribution in [-0.4, -0.2) is 31.3 Å². The van der Waals surface area contributed by atoms with Gasteiger partial charge in [0, 0.05) is 0 Å². The summed E-state index contributed by atoms with van der Waals surface area (Å²) in [6.45, 7) is 4.51. The fraction of sp³-hybridized carbons (Fsp3) is 0.316. The monoisotopic (exact) mass is 327 g/mol. The van der Waals surface area contributed by atoms with Gasteiger partial charge in [-0.15, -0.1) is 0 Å². The van der Waals surface area contributed by atoms with Crippen LogP contribution in [0.3, 0.4) is 0 Å². The number of para-hydroxylation sites is 2. The van der Waals surface area contributed by atoms with Crippen LogP contribution in [0.5, 0.6) is 17.2 Å². The van der Waals surface area contributed by atoms with Gasteiger partial charge in [-0.05, 0) is 38.1 Å². The van der Waals surface area contributed by atoms with E-state index in [0.29, 0.717) is 24.7 Å². The molecule has 5 heteroatoms. The number of carbonyl (C=O) groups is 1. The van der Waals surface area contributed by atoms with Crippen LogP contribution in [-0.2, 0) is 4.79 Å². The van der Waals surface area contributed by atoms with E-state index in [-0.39, 0.29) is 12.0 Å². The molecule has 1 heterocycles. The molecule has 24 heavy (non-hydrogen) atoms. The van der Waals surface area contributed by atoms with Gasteiger partial charge in [0.05, 0.1) is 6.54 Å². The lowest BCUT2D eigenvalue weighted by atomic mass is 10.2. The largest absolute Gasteiger partial charge is 0.486 e. The third kappa shape index (κ3) is 3.98. The second-order valence-corrected chi connectivity index (χ2v) is 5.82. The molecule has 1 aliphatic heterocycles. The summed E-state index contributed by atoms with van der Waals surface area (Å²) in [5.41, 5.74) is 1.15. The molecule has 0 aromatic heterocycles. The second-order valence-electron chi connectivity index (χ2n) is 5.82. The minimum absolute atomic E-state index is 0.182. The normalized spacial score (nSPS) is 17.0. The lowest BCUT2D eigenvalue weighted by molar-refractivity contribution is -0.127. The SMILES string of the molecule is Cc1ccc(O[C@@H](C)C(=O)NC[C@@H]2COc3ccccc3O2)cc1. The molecule has 0 bridgehead atoms. The molecule has 2 aromatic rings. The summed E-state index contributed by atoms with van der Waals surface area (Å²) >= 11 is 0. The van der Waals surface area contributed by atoms with Gasteiger partial charge in [-0.25, -0.2) is 0 Å². The average Bonchev–Trinajstić information content (AvgIpc) is 2.61. The topological polar surface area (TPSA) is 56.8 Å². The van der Waals surface area contributed by atoms with E-state index in [1.165, 1.54) is 0 Å². The van der Waals surface area contributed by atoms with Crippen molar-refractivity contribution in [1.29, 1.82) is 0 Å². The van der Waals surface area contributed by atoms with Crippen LogP contribution >= 0.6 is 0 Å². The number of amides is 1. The van der Waals surface area contributed by atoms with E-state index in [9.17, 15) is 4.79 Å². The number of nitrogens with one attached hydrogen (secondary N) is 1. The summed E-state index contributed by atoms with van der Waals surface area (Å²) in [4.78, 5) is 12.2. The molecular weight excluding hydrogens is 306 g/mol. The highest BCUT2D eigenvalue weighted by Gasteiger charge is 2.22. The predicted molar refractivity (Wildman–Crippen MR) is 90.6 cm³/mol. The van der Waals surface area contributed by atoms with Crippen LogP contribution in [0.1, 0.15) is 12.5 Å². The molecular formula is C19H21NO4.